The molecule has 0 aliphatic carbocycles. The number of nitrogens with zero attached hydrogens (tertiary/aromatic N) is 1. The molecule has 0 saturated heterocycles. The number of halogens is 2. The second-order valence-corrected chi connectivity index (χ2v) is 6.77. The van der Waals surface area contributed by atoms with Crippen LogP contribution in [0.2, 0.25) is 5.02 Å². The minimum Gasteiger partial charge on any atom is -0.207 e. The molecule has 17 heavy (non-hydrogen) atoms. The molecule has 1 aromatic carbocycles. The highest BCUT2D eigenvalue weighted by Crippen LogP contribution is 2.26. The minimum absolute atomic E-state index is 0.268. The van der Waals surface area contributed by atoms with E-state index in [0.717, 1.165) is 6.42 Å². The van der Waals surface area contributed by atoms with E-state index in [0.29, 0.717) is 22.6 Å². The molecule has 0 radical (unpaired) electrons. The molecule has 6 heteroatoms. The predicted octanol–water partition coefficient (Wildman–Crippen LogP) is 3.52. The van der Waals surface area contributed by atoms with E-state index in [4.69, 9.17) is 11.6 Å². The summed E-state index contributed by atoms with van der Waals surface area (Å²) in [6, 6.07) is 4.65. The van der Waals surface area contributed by atoms with E-state index in [1.807, 2.05) is 13.8 Å². The largest absolute Gasteiger partial charge is 0.243 e. The van der Waals surface area contributed by atoms with Crippen LogP contribution in [0.15, 0.2) is 27.6 Å². The Morgan fingerprint density at radius 1 is 1.35 bits per heavy atom. The summed E-state index contributed by atoms with van der Waals surface area (Å²) in [5.74, 6) is 0. The van der Waals surface area contributed by atoms with E-state index < -0.39 is 10.0 Å². The molecule has 0 spiro atoms. The van der Waals surface area contributed by atoms with Crippen molar-refractivity contribution in [1.29, 1.82) is 0 Å². The third kappa shape index (κ3) is 3.44. The summed E-state index contributed by atoms with van der Waals surface area (Å²) in [7, 11) is -3.41. The maximum atomic E-state index is 12.3. The number of sulfonamides is 1. The van der Waals surface area contributed by atoms with Crippen LogP contribution >= 0.6 is 27.5 Å². The average Bonchev–Trinajstić information content (AvgIpc) is 2.29. The van der Waals surface area contributed by atoms with Crippen LogP contribution in [0, 0.1) is 0 Å². The summed E-state index contributed by atoms with van der Waals surface area (Å²) in [5, 5.41) is 0.502. The van der Waals surface area contributed by atoms with Crippen LogP contribution in [0.5, 0.6) is 0 Å². The van der Waals surface area contributed by atoms with Crippen LogP contribution in [0.1, 0.15) is 20.3 Å². The zero-order valence-corrected chi connectivity index (χ0v) is 12.9. The van der Waals surface area contributed by atoms with Gasteiger partial charge in [0.15, 0.2) is 0 Å². The first kappa shape index (κ1) is 15.0. The van der Waals surface area contributed by atoms with Crippen molar-refractivity contribution < 1.29 is 8.42 Å². The molecule has 1 rings (SSSR count). The Balaban J connectivity index is 3.15. The Bertz CT molecular complexity index is 490. The van der Waals surface area contributed by atoms with Crippen molar-refractivity contribution in [3.63, 3.8) is 0 Å². The number of hydrogen-bond donors (Lipinski definition) is 0. The Kier molecular flexibility index (Phi) is 5.44. The van der Waals surface area contributed by atoms with Gasteiger partial charge in [0, 0.05) is 17.6 Å². The maximum Gasteiger partial charge on any atom is 0.243 e. The van der Waals surface area contributed by atoms with E-state index in [-0.39, 0.29) is 4.90 Å². The molecule has 96 valence electrons. The fourth-order valence-corrected chi connectivity index (χ4v) is 3.70. The van der Waals surface area contributed by atoms with Crippen molar-refractivity contribution in [3.05, 3.63) is 27.7 Å². The highest BCUT2D eigenvalue weighted by atomic mass is 79.9. The number of hydrogen-bond acceptors (Lipinski definition) is 2. The Labute approximate surface area is 116 Å². The van der Waals surface area contributed by atoms with Crippen LogP contribution in [-0.2, 0) is 10.0 Å². The molecule has 0 amide bonds. The molecule has 0 aliphatic rings. The summed E-state index contributed by atoms with van der Waals surface area (Å²) < 4.78 is 26.6. The summed E-state index contributed by atoms with van der Waals surface area (Å²) in [5.41, 5.74) is 0. The lowest BCUT2D eigenvalue weighted by molar-refractivity contribution is 0.427. The first-order chi connectivity index (χ1) is 7.93. The van der Waals surface area contributed by atoms with Gasteiger partial charge in [0.05, 0.1) is 9.92 Å². The van der Waals surface area contributed by atoms with Crippen molar-refractivity contribution in [2.24, 2.45) is 0 Å². The fourth-order valence-electron chi connectivity index (χ4n) is 1.48. The van der Waals surface area contributed by atoms with Crippen molar-refractivity contribution in [1.82, 2.24) is 4.31 Å². The highest BCUT2D eigenvalue weighted by Gasteiger charge is 2.22. The molecule has 0 unspecified atom stereocenters. The quantitative estimate of drug-likeness (QED) is 0.822. The monoisotopic (exact) mass is 339 g/mol. The van der Waals surface area contributed by atoms with Crippen LogP contribution in [0.4, 0.5) is 0 Å². The molecule has 0 aromatic heterocycles. The fraction of sp³-hybridized carbons (Fsp3) is 0.455. The van der Waals surface area contributed by atoms with Crippen molar-refractivity contribution >= 4 is 37.6 Å². The topological polar surface area (TPSA) is 37.4 Å². The summed E-state index contributed by atoms with van der Waals surface area (Å²) in [6.07, 6.45) is 0.793. The molecule has 0 bridgehead atoms. The van der Waals surface area contributed by atoms with Gasteiger partial charge in [0.1, 0.15) is 0 Å². The zero-order valence-electron chi connectivity index (χ0n) is 9.78. The van der Waals surface area contributed by atoms with Crippen molar-refractivity contribution in [2.45, 2.75) is 25.2 Å². The van der Waals surface area contributed by atoms with E-state index in [2.05, 4.69) is 15.9 Å². The van der Waals surface area contributed by atoms with Gasteiger partial charge < -0.3 is 0 Å². The summed E-state index contributed by atoms with van der Waals surface area (Å²) >= 11 is 9.08. The van der Waals surface area contributed by atoms with Gasteiger partial charge in [-0.3, -0.25) is 0 Å². The van der Waals surface area contributed by atoms with E-state index in [1.54, 1.807) is 6.07 Å². The Morgan fingerprint density at radius 2 is 2.00 bits per heavy atom. The van der Waals surface area contributed by atoms with Gasteiger partial charge in [-0.05, 0) is 40.5 Å². The van der Waals surface area contributed by atoms with Gasteiger partial charge in [0.25, 0.3) is 0 Å². The lowest BCUT2D eigenvalue weighted by Crippen LogP contribution is -2.31. The summed E-state index contributed by atoms with van der Waals surface area (Å²) in [6.45, 7) is 4.78. The van der Waals surface area contributed by atoms with E-state index in [1.165, 1.54) is 16.4 Å². The Hall–Kier alpha value is -0.100. The SMILES string of the molecule is CCCN(CC)S(=O)(=O)c1ccc(Cl)c(Br)c1. The van der Waals surface area contributed by atoms with Crippen LogP contribution in [0.3, 0.4) is 0 Å². The van der Waals surface area contributed by atoms with Gasteiger partial charge in [-0.1, -0.05) is 25.4 Å². The first-order valence-electron chi connectivity index (χ1n) is 5.38. The van der Waals surface area contributed by atoms with Gasteiger partial charge in [0.2, 0.25) is 10.0 Å². The van der Waals surface area contributed by atoms with Gasteiger partial charge in [-0.15, -0.1) is 0 Å². The second kappa shape index (κ2) is 6.18. The molecular weight excluding hydrogens is 326 g/mol. The van der Waals surface area contributed by atoms with Crippen molar-refractivity contribution in [3.8, 4) is 0 Å². The van der Waals surface area contributed by atoms with Crippen molar-refractivity contribution in [2.75, 3.05) is 13.1 Å². The predicted molar refractivity (Wildman–Crippen MR) is 73.9 cm³/mol. The molecule has 0 heterocycles. The van der Waals surface area contributed by atoms with Crippen LogP contribution < -0.4 is 0 Å². The molecule has 0 N–H and O–H groups in total. The highest BCUT2D eigenvalue weighted by molar-refractivity contribution is 9.10. The molecule has 0 atom stereocenters. The third-order valence-corrected chi connectivity index (χ3v) is 5.54. The van der Waals surface area contributed by atoms with Crippen LogP contribution in [-0.4, -0.2) is 25.8 Å². The maximum absolute atomic E-state index is 12.3. The molecule has 1 aromatic rings. The smallest absolute Gasteiger partial charge is 0.207 e. The number of rotatable bonds is 5. The van der Waals surface area contributed by atoms with Gasteiger partial charge in [-0.25, -0.2) is 8.42 Å². The van der Waals surface area contributed by atoms with Gasteiger partial charge >= 0.3 is 0 Å². The molecule has 0 aliphatic heterocycles. The van der Waals surface area contributed by atoms with Crippen LogP contribution in [0.25, 0.3) is 0 Å². The van der Waals surface area contributed by atoms with Gasteiger partial charge in [-0.2, -0.15) is 4.31 Å². The normalized spacial score (nSPS) is 12.1. The first-order valence-corrected chi connectivity index (χ1v) is 7.99. The lowest BCUT2D eigenvalue weighted by Gasteiger charge is -2.19. The molecule has 0 saturated carbocycles. The Morgan fingerprint density at radius 3 is 2.47 bits per heavy atom. The molecule has 3 nitrogen and oxygen atoms in total. The molecule has 0 fully saturated rings. The zero-order chi connectivity index (χ0) is 13.1. The van der Waals surface area contributed by atoms with E-state index >= 15 is 0 Å². The molecular formula is C11H15BrClNO2S. The summed E-state index contributed by atoms with van der Waals surface area (Å²) in [4.78, 5) is 0.268. The lowest BCUT2D eigenvalue weighted by atomic mass is 10.4. The standard InChI is InChI=1S/C11H15BrClNO2S/c1-3-7-14(4-2)17(15,16)9-5-6-11(13)10(12)8-9/h5-6,8H,3-4,7H2,1-2H3. The third-order valence-electron chi connectivity index (χ3n) is 2.35. The second-order valence-electron chi connectivity index (χ2n) is 3.57. The minimum atomic E-state index is -3.41. The number of benzene rings is 1. The average molecular weight is 341 g/mol. The van der Waals surface area contributed by atoms with E-state index in [9.17, 15) is 8.42 Å².